The summed E-state index contributed by atoms with van der Waals surface area (Å²) < 4.78 is 10.2. The van der Waals surface area contributed by atoms with Gasteiger partial charge in [0.15, 0.2) is 11.7 Å². The summed E-state index contributed by atoms with van der Waals surface area (Å²) in [6.07, 6.45) is 1.64. The Morgan fingerprint density at radius 2 is 1.96 bits per heavy atom. The maximum absolute atomic E-state index is 11.6. The Bertz CT molecular complexity index is 560. The lowest BCUT2D eigenvalue weighted by Gasteiger charge is -2.11. The largest absolute Gasteiger partial charge is 0.484 e. The van der Waals surface area contributed by atoms with E-state index in [1.165, 1.54) is 0 Å². The number of hydrogen-bond donors (Lipinski definition) is 3. The van der Waals surface area contributed by atoms with Gasteiger partial charge in [-0.2, -0.15) is 0 Å². The number of thiocarbonyl (C=S) groups is 1. The predicted octanol–water partition coefficient (Wildman–Crippen LogP) is 0.923. The molecule has 3 N–H and O–H groups in total. The van der Waals surface area contributed by atoms with Crippen LogP contribution in [-0.4, -0.2) is 36.7 Å². The number of rotatable bonds is 7. The van der Waals surface area contributed by atoms with Crippen molar-refractivity contribution in [2.24, 2.45) is 0 Å². The van der Waals surface area contributed by atoms with E-state index in [4.69, 9.17) is 21.7 Å². The average Bonchev–Trinajstić information content (AvgIpc) is 2.56. The summed E-state index contributed by atoms with van der Waals surface area (Å²) in [6.45, 7) is 5.87. The zero-order valence-electron chi connectivity index (χ0n) is 12.8. The van der Waals surface area contributed by atoms with Gasteiger partial charge in [-0.3, -0.25) is 15.6 Å². The van der Waals surface area contributed by atoms with Crippen LogP contribution < -0.4 is 20.9 Å². The molecule has 0 heterocycles. The fraction of sp³-hybridized carbons (Fsp3) is 0.267. The molecule has 0 saturated carbocycles. The Kier molecular flexibility index (Phi) is 8.16. The minimum absolute atomic E-state index is 0.199. The number of hydrazine groups is 1. The predicted molar refractivity (Wildman–Crippen MR) is 90.0 cm³/mol. The van der Waals surface area contributed by atoms with Gasteiger partial charge in [0.05, 0.1) is 12.2 Å². The van der Waals surface area contributed by atoms with Crippen LogP contribution in [0.25, 0.3) is 0 Å². The van der Waals surface area contributed by atoms with E-state index in [0.717, 1.165) is 0 Å². The van der Waals surface area contributed by atoms with Crippen LogP contribution in [0.15, 0.2) is 36.9 Å². The first kappa shape index (κ1) is 18.4. The van der Waals surface area contributed by atoms with E-state index in [9.17, 15) is 9.59 Å². The monoisotopic (exact) mass is 337 g/mol. The molecule has 124 valence electrons. The molecule has 0 bridgehead atoms. The minimum atomic E-state index is -0.401. The zero-order chi connectivity index (χ0) is 17.1. The number of hydrogen-bond acceptors (Lipinski definition) is 5. The lowest BCUT2D eigenvalue weighted by Crippen LogP contribution is -2.48. The Morgan fingerprint density at radius 1 is 1.26 bits per heavy atom. The number of carbonyl (C=O) groups is 2. The van der Waals surface area contributed by atoms with Crippen molar-refractivity contribution in [3.05, 3.63) is 42.5 Å². The van der Waals surface area contributed by atoms with E-state index in [1.807, 2.05) is 0 Å². The van der Waals surface area contributed by atoms with Crippen LogP contribution in [0.5, 0.6) is 5.75 Å². The Morgan fingerprint density at radius 3 is 2.57 bits per heavy atom. The maximum atomic E-state index is 11.6. The lowest BCUT2D eigenvalue weighted by molar-refractivity contribution is -0.123. The highest BCUT2D eigenvalue weighted by Crippen LogP contribution is 2.12. The van der Waals surface area contributed by atoms with Crippen molar-refractivity contribution >= 4 is 29.2 Å². The highest BCUT2D eigenvalue weighted by molar-refractivity contribution is 7.80. The third kappa shape index (κ3) is 7.28. The number of amides is 1. The van der Waals surface area contributed by atoms with Gasteiger partial charge in [-0.15, -0.1) is 6.58 Å². The molecule has 0 aliphatic rings. The summed E-state index contributed by atoms with van der Waals surface area (Å²) in [4.78, 5) is 23.1. The second-order valence-electron chi connectivity index (χ2n) is 4.21. The van der Waals surface area contributed by atoms with E-state index in [-0.39, 0.29) is 11.7 Å². The Balaban J connectivity index is 2.34. The summed E-state index contributed by atoms with van der Waals surface area (Å²) in [5, 5.41) is 3.07. The Hall–Kier alpha value is -2.61. The molecule has 0 aliphatic heterocycles. The van der Waals surface area contributed by atoms with Crippen molar-refractivity contribution in [2.75, 3.05) is 19.8 Å². The number of carbonyl (C=O) groups excluding carboxylic acids is 2. The standard InChI is InChI=1S/C15H19N3O4S/c1-3-9-16-15(23)18-17-13(19)10-22-12-7-5-11(6-8-12)14(20)21-4-2/h3,5-8H,1,4,9-10H2,2H3,(H,17,19)(H2,16,18,23). The van der Waals surface area contributed by atoms with Gasteiger partial charge in [-0.05, 0) is 43.4 Å². The molecule has 0 aromatic heterocycles. The van der Waals surface area contributed by atoms with Gasteiger partial charge >= 0.3 is 5.97 Å². The molecule has 0 aliphatic carbocycles. The van der Waals surface area contributed by atoms with E-state index < -0.39 is 11.9 Å². The van der Waals surface area contributed by atoms with E-state index in [1.54, 1.807) is 37.3 Å². The lowest BCUT2D eigenvalue weighted by atomic mass is 10.2. The van der Waals surface area contributed by atoms with Crippen molar-refractivity contribution < 1.29 is 19.1 Å². The van der Waals surface area contributed by atoms with Crippen LogP contribution in [0.4, 0.5) is 0 Å². The zero-order valence-corrected chi connectivity index (χ0v) is 13.6. The van der Waals surface area contributed by atoms with Crippen molar-refractivity contribution in [2.45, 2.75) is 6.92 Å². The molecule has 8 heteroatoms. The normalized spacial score (nSPS) is 9.43. The SMILES string of the molecule is C=CCNC(=S)NNC(=O)COc1ccc(C(=O)OCC)cc1. The van der Waals surface area contributed by atoms with Gasteiger partial charge in [-0.1, -0.05) is 6.08 Å². The summed E-state index contributed by atoms with van der Waals surface area (Å²) in [7, 11) is 0. The Labute approximate surface area is 140 Å². The molecule has 0 fully saturated rings. The second kappa shape index (κ2) is 10.2. The number of benzene rings is 1. The summed E-state index contributed by atoms with van der Waals surface area (Å²) in [5.41, 5.74) is 5.33. The van der Waals surface area contributed by atoms with Gasteiger partial charge < -0.3 is 14.8 Å². The minimum Gasteiger partial charge on any atom is -0.484 e. The second-order valence-corrected chi connectivity index (χ2v) is 4.61. The van der Waals surface area contributed by atoms with Gasteiger partial charge in [0, 0.05) is 6.54 Å². The smallest absolute Gasteiger partial charge is 0.338 e. The third-order valence-corrected chi connectivity index (χ3v) is 2.70. The van der Waals surface area contributed by atoms with E-state index >= 15 is 0 Å². The first-order valence-electron chi connectivity index (χ1n) is 6.90. The van der Waals surface area contributed by atoms with Crippen LogP contribution >= 0.6 is 12.2 Å². The van der Waals surface area contributed by atoms with Crippen molar-refractivity contribution in [1.82, 2.24) is 16.2 Å². The quantitative estimate of drug-likeness (QED) is 0.295. The number of esters is 1. The molecule has 1 aromatic rings. The van der Waals surface area contributed by atoms with Gasteiger partial charge in [0.2, 0.25) is 0 Å². The molecule has 1 aromatic carbocycles. The van der Waals surface area contributed by atoms with Gasteiger partial charge in [0.1, 0.15) is 5.75 Å². The molecule has 0 radical (unpaired) electrons. The molecule has 0 unspecified atom stereocenters. The molecule has 23 heavy (non-hydrogen) atoms. The van der Waals surface area contributed by atoms with Gasteiger partial charge in [0.25, 0.3) is 5.91 Å². The van der Waals surface area contributed by atoms with E-state index in [0.29, 0.717) is 24.5 Å². The van der Waals surface area contributed by atoms with E-state index in [2.05, 4.69) is 22.7 Å². The van der Waals surface area contributed by atoms with Crippen molar-refractivity contribution in [3.8, 4) is 5.75 Å². The highest BCUT2D eigenvalue weighted by atomic mass is 32.1. The molecule has 1 amide bonds. The number of ether oxygens (including phenoxy) is 2. The third-order valence-electron chi connectivity index (χ3n) is 2.46. The fourth-order valence-corrected chi connectivity index (χ4v) is 1.56. The first-order chi connectivity index (χ1) is 11.1. The molecule has 0 saturated heterocycles. The van der Waals surface area contributed by atoms with Crippen LogP contribution in [0.1, 0.15) is 17.3 Å². The summed E-state index contributed by atoms with van der Waals surface area (Å²) >= 11 is 4.91. The summed E-state index contributed by atoms with van der Waals surface area (Å²) in [5.74, 6) is -0.343. The number of nitrogens with one attached hydrogen (secondary N) is 3. The molecular weight excluding hydrogens is 318 g/mol. The van der Waals surface area contributed by atoms with Crippen LogP contribution in [0.2, 0.25) is 0 Å². The molecule has 0 atom stereocenters. The van der Waals surface area contributed by atoms with Crippen LogP contribution in [-0.2, 0) is 9.53 Å². The highest BCUT2D eigenvalue weighted by Gasteiger charge is 2.07. The molecular formula is C15H19N3O4S. The fourth-order valence-electron chi connectivity index (χ4n) is 1.42. The topological polar surface area (TPSA) is 88.7 Å². The molecule has 0 spiro atoms. The summed E-state index contributed by atoms with van der Waals surface area (Å²) in [6, 6.07) is 6.31. The maximum Gasteiger partial charge on any atom is 0.338 e. The van der Waals surface area contributed by atoms with Crippen LogP contribution in [0, 0.1) is 0 Å². The van der Waals surface area contributed by atoms with Crippen molar-refractivity contribution in [3.63, 3.8) is 0 Å². The first-order valence-corrected chi connectivity index (χ1v) is 7.31. The molecule has 7 nitrogen and oxygen atoms in total. The molecule has 1 rings (SSSR count). The van der Waals surface area contributed by atoms with Crippen molar-refractivity contribution in [1.29, 1.82) is 0 Å². The average molecular weight is 337 g/mol. The van der Waals surface area contributed by atoms with Gasteiger partial charge in [-0.25, -0.2) is 4.79 Å². The van der Waals surface area contributed by atoms with Crippen LogP contribution in [0.3, 0.4) is 0 Å².